The second kappa shape index (κ2) is 8.51. The first-order chi connectivity index (χ1) is 13.4. The van der Waals surface area contributed by atoms with Crippen LogP contribution < -0.4 is 5.32 Å². The van der Waals surface area contributed by atoms with E-state index in [4.69, 9.17) is 11.6 Å². The van der Waals surface area contributed by atoms with Crippen molar-refractivity contribution >= 4 is 29.2 Å². The summed E-state index contributed by atoms with van der Waals surface area (Å²) in [5, 5.41) is 4.23. The van der Waals surface area contributed by atoms with E-state index in [1.54, 1.807) is 0 Å². The van der Waals surface area contributed by atoms with Crippen LogP contribution in [-0.4, -0.2) is 31.6 Å². The smallest absolute Gasteiger partial charge is 0.126 e. The Bertz CT molecular complexity index is 813. The number of halogens is 1. The minimum absolute atomic E-state index is 0.218. The number of carbonyl (C=O) groups is 1. The maximum atomic E-state index is 12.0. The van der Waals surface area contributed by atoms with Gasteiger partial charge in [-0.1, -0.05) is 30.7 Å². The fraction of sp³-hybridized carbons (Fsp3) is 0.583. The summed E-state index contributed by atoms with van der Waals surface area (Å²) in [5.74, 6) is 0.721. The first kappa shape index (κ1) is 21.3. The predicted molar refractivity (Wildman–Crippen MR) is 119 cm³/mol. The van der Waals surface area contributed by atoms with Crippen LogP contribution in [0.15, 0.2) is 28.8 Å². The monoisotopic (exact) mass is 400 g/mol. The Hall–Kier alpha value is -1.45. The third-order valence-electron chi connectivity index (χ3n) is 7.26. The molecule has 3 nitrogen and oxygen atoms in total. The topological polar surface area (TPSA) is 41.5 Å². The Morgan fingerprint density at radius 1 is 1.39 bits per heavy atom. The summed E-state index contributed by atoms with van der Waals surface area (Å²) in [6.45, 7) is 9.35. The fourth-order valence-corrected chi connectivity index (χ4v) is 5.65. The summed E-state index contributed by atoms with van der Waals surface area (Å²) < 4.78 is 0. The van der Waals surface area contributed by atoms with Crippen molar-refractivity contribution in [3.8, 4) is 0 Å². The average molecular weight is 401 g/mol. The summed E-state index contributed by atoms with van der Waals surface area (Å²) in [6.07, 6.45) is 5.07. The molecule has 0 radical (unpaired) electrons. The van der Waals surface area contributed by atoms with Gasteiger partial charge in [-0.2, -0.15) is 0 Å². The Balaban J connectivity index is 1.89. The molecule has 1 aromatic rings. The lowest BCUT2D eigenvalue weighted by Crippen LogP contribution is -2.46. The SMILES string of the molecule is CCC1(C=O)CCC(c2ccc(C3=C(C)CN=C3C)cc2Cl)CC1C(C)NC. The highest BCUT2D eigenvalue weighted by molar-refractivity contribution is 6.32. The lowest BCUT2D eigenvalue weighted by Gasteiger charge is -2.46. The summed E-state index contributed by atoms with van der Waals surface area (Å²) in [5.41, 5.74) is 5.81. The van der Waals surface area contributed by atoms with Crippen LogP contribution in [0.5, 0.6) is 0 Å². The van der Waals surface area contributed by atoms with Crippen molar-refractivity contribution in [2.45, 2.75) is 65.3 Å². The van der Waals surface area contributed by atoms with E-state index in [0.717, 1.165) is 48.5 Å². The zero-order valence-corrected chi connectivity index (χ0v) is 18.6. The summed E-state index contributed by atoms with van der Waals surface area (Å²) in [6, 6.07) is 6.81. The molecule has 152 valence electrons. The van der Waals surface area contributed by atoms with Crippen molar-refractivity contribution < 1.29 is 4.79 Å². The third-order valence-corrected chi connectivity index (χ3v) is 7.59. The molecule has 1 aliphatic heterocycles. The van der Waals surface area contributed by atoms with Gasteiger partial charge in [-0.3, -0.25) is 4.99 Å². The van der Waals surface area contributed by atoms with Crippen molar-refractivity contribution in [2.24, 2.45) is 16.3 Å². The molecular weight excluding hydrogens is 368 g/mol. The van der Waals surface area contributed by atoms with Crippen LogP contribution in [0.2, 0.25) is 5.02 Å². The first-order valence-electron chi connectivity index (χ1n) is 10.5. The second-order valence-corrected chi connectivity index (χ2v) is 9.06. The van der Waals surface area contributed by atoms with E-state index in [2.05, 4.69) is 56.2 Å². The van der Waals surface area contributed by atoms with Crippen LogP contribution in [0.3, 0.4) is 0 Å². The Morgan fingerprint density at radius 2 is 2.14 bits per heavy atom. The number of rotatable bonds is 6. The Labute approximate surface area is 174 Å². The number of benzene rings is 1. The molecule has 4 unspecified atom stereocenters. The molecule has 0 saturated heterocycles. The maximum Gasteiger partial charge on any atom is 0.126 e. The number of allylic oxidation sites excluding steroid dienone is 1. The van der Waals surface area contributed by atoms with Crippen molar-refractivity contribution in [3.05, 3.63) is 39.9 Å². The number of nitrogens with zero attached hydrogens (tertiary/aromatic N) is 1. The summed E-state index contributed by atoms with van der Waals surface area (Å²) in [4.78, 5) is 16.6. The van der Waals surface area contributed by atoms with Gasteiger partial charge in [0.2, 0.25) is 0 Å². The van der Waals surface area contributed by atoms with Gasteiger partial charge in [0.15, 0.2) is 0 Å². The van der Waals surface area contributed by atoms with Crippen LogP contribution in [0.25, 0.3) is 5.57 Å². The number of hydrogen-bond donors (Lipinski definition) is 1. The molecule has 4 atom stereocenters. The van der Waals surface area contributed by atoms with Gasteiger partial charge < -0.3 is 10.1 Å². The van der Waals surface area contributed by atoms with E-state index < -0.39 is 0 Å². The van der Waals surface area contributed by atoms with Gasteiger partial charge in [0.05, 0.1) is 6.54 Å². The highest BCUT2D eigenvalue weighted by atomic mass is 35.5. The molecule has 4 heteroatoms. The third kappa shape index (κ3) is 3.71. The van der Waals surface area contributed by atoms with E-state index in [0.29, 0.717) is 17.9 Å². The molecule has 3 rings (SSSR count). The number of aliphatic imine (C=N–C) groups is 1. The van der Waals surface area contributed by atoms with Crippen LogP contribution >= 0.6 is 11.6 Å². The molecular formula is C24H33ClN2O. The van der Waals surface area contributed by atoms with Gasteiger partial charge in [-0.05, 0) is 88.1 Å². The van der Waals surface area contributed by atoms with Crippen molar-refractivity contribution in [2.75, 3.05) is 13.6 Å². The lowest BCUT2D eigenvalue weighted by molar-refractivity contribution is -0.122. The van der Waals surface area contributed by atoms with E-state index in [9.17, 15) is 4.79 Å². The quantitative estimate of drug-likeness (QED) is 0.624. The maximum absolute atomic E-state index is 12.0. The fourth-order valence-electron chi connectivity index (χ4n) is 5.31. The minimum atomic E-state index is -0.218. The van der Waals surface area contributed by atoms with Crippen LogP contribution in [0, 0.1) is 11.3 Å². The Morgan fingerprint density at radius 3 is 2.68 bits per heavy atom. The molecule has 1 aliphatic carbocycles. The highest BCUT2D eigenvalue weighted by Crippen LogP contribution is 2.50. The van der Waals surface area contributed by atoms with E-state index in [-0.39, 0.29) is 5.41 Å². The largest absolute Gasteiger partial charge is 0.317 e. The molecule has 28 heavy (non-hydrogen) atoms. The number of nitrogens with one attached hydrogen (secondary N) is 1. The lowest BCUT2D eigenvalue weighted by atomic mass is 9.59. The van der Waals surface area contributed by atoms with Crippen molar-refractivity contribution in [1.82, 2.24) is 5.32 Å². The summed E-state index contributed by atoms with van der Waals surface area (Å²) in [7, 11) is 1.99. The van der Waals surface area contributed by atoms with Gasteiger partial charge in [0.25, 0.3) is 0 Å². The molecule has 1 N–H and O–H groups in total. The zero-order valence-electron chi connectivity index (χ0n) is 17.8. The van der Waals surface area contributed by atoms with Crippen LogP contribution in [0.1, 0.15) is 70.4 Å². The number of hydrogen-bond acceptors (Lipinski definition) is 3. The molecule has 2 aliphatic rings. The Kier molecular flexibility index (Phi) is 6.46. The van der Waals surface area contributed by atoms with E-state index >= 15 is 0 Å². The normalized spacial score (nSPS) is 29.0. The molecule has 0 amide bonds. The molecule has 1 saturated carbocycles. The first-order valence-corrected chi connectivity index (χ1v) is 10.9. The van der Waals surface area contributed by atoms with Crippen LogP contribution in [0.4, 0.5) is 0 Å². The summed E-state index contributed by atoms with van der Waals surface area (Å²) >= 11 is 6.79. The zero-order chi connectivity index (χ0) is 20.5. The predicted octanol–water partition coefficient (Wildman–Crippen LogP) is 5.67. The standard InChI is InChI=1S/C24H33ClN2O/c1-6-24(14-28)10-9-18(11-21(24)16(3)26-5)20-8-7-19(12-22(20)25)23-15(2)13-27-17(23)4/h7-8,12,14,16,18,21,26H,6,9-11,13H2,1-5H3. The molecule has 0 aromatic heterocycles. The van der Waals surface area contributed by atoms with Crippen LogP contribution in [-0.2, 0) is 4.79 Å². The minimum Gasteiger partial charge on any atom is -0.317 e. The highest BCUT2D eigenvalue weighted by Gasteiger charge is 2.44. The van der Waals surface area contributed by atoms with E-state index in [1.165, 1.54) is 23.0 Å². The molecule has 0 spiro atoms. The van der Waals surface area contributed by atoms with Gasteiger partial charge >= 0.3 is 0 Å². The molecule has 0 bridgehead atoms. The van der Waals surface area contributed by atoms with Gasteiger partial charge in [-0.25, -0.2) is 0 Å². The molecule has 1 aromatic carbocycles. The van der Waals surface area contributed by atoms with Crippen molar-refractivity contribution in [1.29, 1.82) is 0 Å². The van der Waals surface area contributed by atoms with Gasteiger partial charge in [0.1, 0.15) is 6.29 Å². The van der Waals surface area contributed by atoms with Crippen molar-refractivity contribution in [3.63, 3.8) is 0 Å². The number of aldehydes is 1. The van der Waals surface area contributed by atoms with Gasteiger partial charge in [-0.15, -0.1) is 0 Å². The van der Waals surface area contributed by atoms with Gasteiger partial charge in [0, 0.05) is 27.8 Å². The van der Waals surface area contributed by atoms with E-state index in [1.807, 2.05) is 7.05 Å². The second-order valence-electron chi connectivity index (χ2n) is 8.65. The average Bonchev–Trinajstić information content (AvgIpc) is 3.05. The molecule has 1 heterocycles. The molecule has 1 fully saturated rings. The number of carbonyl (C=O) groups excluding carboxylic acids is 1.